The van der Waals surface area contributed by atoms with Crippen LogP contribution in [0.4, 0.5) is 0 Å². The van der Waals surface area contributed by atoms with Crippen molar-refractivity contribution in [3.05, 3.63) is 11.6 Å². The number of nitrogens with two attached hydrogens (primary N) is 1. The Labute approximate surface area is 92.7 Å². The highest BCUT2D eigenvalue weighted by Crippen LogP contribution is 2.36. The van der Waals surface area contributed by atoms with E-state index in [1.807, 2.05) is 0 Å². The normalized spacial score (nSPS) is 23.3. The van der Waals surface area contributed by atoms with Crippen molar-refractivity contribution < 1.29 is 0 Å². The van der Waals surface area contributed by atoms with Crippen LogP contribution in [-0.2, 0) is 0 Å². The zero-order valence-corrected chi connectivity index (χ0v) is 9.73. The second-order valence-electron chi connectivity index (χ2n) is 4.54. The molecule has 2 N–H and O–H groups in total. The number of hydrogen-bond donors (Lipinski definition) is 1. The molecule has 82 valence electrons. The fraction of sp³-hybridized carbons (Fsp3) is 0.833. The molecule has 1 rings (SSSR count). The molecule has 0 amide bonds. The van der Waals surface area contributed by atoms with Crippen molar-refractivity contribution >= 4 is 11.6 Å². The van der Waals surface area contributed by atoms with Gasteiger partial charge in [0, 0.05) is 5.54 Å². The molecule has 0 aromatic rings. The molecule has 0 bridgehead atoms. The number of halogens is 1. The topological polar surface area (TPSA) is 26.0 Å². The average Bonchev–Trinajstić information content (AvgIpc) is 2.18. The molecule has 0 heterocycles. The molecule has 1 fully saturated rings. The highest BCUT2D eigenvalue weighted by atomic mass is 35.5. The summed E-state index contributed by atoms with van der Waals surface area (Å²) in [4.78, 5) is 0. The van der Waals surface area contributed by atoms with Gasteiger partial charge in [0.1, 0.15) is 0 Å². The van der Waals surface area contributed by atoms with Gasteiger partial charge in [-0.1, -0.05) is 49.8 Å². The van der Waals surface area contributed by atoms with Crippen molar-refractivity contribution in [2.24, 2.45) is 11.1 Å². The van der Waals surface area contributed by atoms with Gasteiger partial charge in [-0.05, 0) is 31.2 Å². The fourth-order valence-electron chi connectivity index (χ4n) is 2.44. The van der Waals surface area contributed by atoms with E-state index in [9.17, 15) is 0 Å². The van der Waals surface area contributed by atoms with Gasteiger partial charge < -0.3 is 5.73 Å². The zero-order valence-electron chi connectivity index (χ0n) is 8.97. The van der Waals surface area contributed by atoms with Crippen molar-refractivity contribution in [1.82, 2.24) is 0 Å². The first-order valence-electron chi connectivity index (χ1n) is 5.78. The van der Waals surface area contributed by atoms with Crippen molar-refractivity contribution in [2.45, 2.75) is 51.4 Å². The first-order chi connectivity index (χ1) is 6.83. The third-order valence-corrected chi connectivity index (χ3v) is 3.67. The van der Waals surface area contributed by atoms with Gasteiger partial charge >= 0.3 is 0 Å². The standard InChI is InChI=1S/C12H22ClN/c13-10-6-9-12(11-14)7-4-2-1-3-5-8-12/h6,10H,1-5,7-9,11,14H2/b10-6+. The van der Waals surface area contributed by atoms with E-state index >= 15 is 0 Å². The third-order valence-electron chi connectivity index (χ3n) is 3.49. The van der Waals surface area contributed by atoms with Crippen LogP contribution in [0.25, 0.3) is 0 Å². The van der Waals surface area contributed by atoms with Crippen molar-refractivity contribution in [2.75, 3.05) is 6.54 Å². The van der Waals surface area contributed by atoms with Crippen molar-refractivity contribution in [1.29, 1.82) is 0 Å². The van der Waals surface area contributed by atoms with Crippen LogP contribution in [0.1, 0.15) is 51.4 Å². The lowest BCUT2D eigenvalue weighted by Gasteiger charge is -2.33. The highest BCUT2D eigenvalue weighted by molar-refractivity contribution is 6.25. The van der Waals surface area contributed by atoms with Crippen LogP contribution in [0.3, 0.4) is 0 Å². The third kappa shape index (κ3) is 3.62. The van der Waals surface area contributed by atoms with E-state index in [0.29, 0.717) is 5.41 Å². The van der Waals surface area contributed by atoms with Gasteiger partial charge in [-0.25, -0.2) is 0 Å². The summed E-state index contributed by atoms with van der Waals surface area (Å²) in [7, 11) is 0. The summed E-state index contributed by atoms with van der Waals surface area (Å²) in [5.74, 6) is 0. The minimum absolute atomic E-state index is 0.353. The van der Waals surface area contributed by atoms with Gasteiger partial charge in [0.2, 0.25) is 0 Å². The lowest BCUT2D eigenvalue weighted by Crippen LogP contribution is -2.30. The lowest BCUT2D eigenvalue weighted by atomic mass is 9.74. The van der Waals surface area contributed by atoms with E-state index in [4.69, 9.17) is 17.3 Å². The minimum Gasteiger partial charge on any atom is -0.330 e. The second-order valence-corrected chi connectivity index (χ2v) is 4.79. The first-order valence-corrected chi connectivity index (χ1v) is 6.22. The van der Waals surface area contributed by atoms with Crippen LogP contribution in [0.15, 0.2) is 11.6 Å². The second kappa shape index (κ2) is 6.47. The molecule has 2 heteroatoms. The predicted molar refractivity (Wildman–Crippen MR) is 63.4 cm³/mol. The van der Waals surface area contributed by atoms with Crippen LogP contribution in [-0.4, -0.2) is 6.54 Å². The Morgan fingerprint density at radius 1 is 1.07 bits per heavy atom. The maximum atomic E-state index is 5.92. The van der Waals surface area contributed by atoms with Crippen LogP contribution in [0, 0.1) is 5.41 Å². The Hall–Kier alpha value is -0.0100. The molecule has 14 heavy (non-hydrogen) atoms. The quantitative estimate of drug-likeness (QED) is 0.761. The van der Waals surface area contributed by atoms with Crippen molar-refractivity contribution in [3.63, 3.8) is 0 Å². The van der Waals surface area contributed by atoms with Gasteiger partial charge in [-0.3, -0.25) is 0 Å². The van der Waals surface area contributed by atoms with Crippen LogP contribution < -0.4 is 5.73 Å². The minimum atomic E-state index is 0.353. The molecule has 1 nitrogen and oxygen atoms in total. The smallest absolute Gasteiger partial charge is 0.000267 e. The molecular weight excluding hydrogens is 194 g/mol. The first kappa shape index (κ1) is 12.1. The molecule has 1 saturated carbocycles. The van der Waals surface area contributed by atoms with E-state index in [2.05, 4.69) is 6.08 Å². The summed E-state index contributed by atoms with van der Waals surface area (Å²) in [6.45, 7) is 0.814. The Balaban J connectivity index is 2.52. The fourth-order valence-corrected chi connectivity index (χ4v) is 2.53. The maximum Gasteiger partial charge on any atom is 0.000267 e. The van der Waals surface area contributed by atoms with E-state index in [-0.39, 0.29) is 0 Å². The van der Waals surface area contributed by atoms with Crippen LogP contribution >= 0.6 is 11.6 Å². The van der Waals surface area contributed by atoms with Gasteiger partial charge in [-0.2, -0.15) is 0 Å². The number of rotatable bonds is 3. The number of hydrogen-bond acceptors (Lipinski definition) is 1. The molecule has 0 aliphatic heterocycles. The molecule has 0 unspecified atom stereocenters. The summed E-state index contributed by atoms with van der Waals surface area (Å²) in [5, 5.41) is 0. The van der Waals surface area contributed by atoms with Gasteiger partial charge in [0.15, 0.2) is 0 Å². The van der Waals surface area contributed by atoms with E-state index in [1.54, 1.807) is 5.54 Å². The molecule has 0 saturated heterocycles. The summed E-state index contributed by atoms with van der Waals surface area (Å²) in [6, 6.07) is 0. The van der Waals surface area contributed by atoms with Crippen LogP contribution in [0.2, 0.25) is 0 Å². The van der Waals surface area contributed by atoms with Gasteiger partial charge in [-0.15, -0.1) is 0 Å². The summed E-state index contributed by atoms with van der Waals surface area (Å²) in [5.41, 5.74) is 7.91. The number of allylic oxidation sites excluding steroid dienone is 1. The molecule has 0 aromatic heterocycles. The Kier molecular flexibility index (Phi) is 5.57. The SMILES string of the molecule is NCC1(C/C=C/Cl)CCCCCCC1. The lowest BCUT2D eigenvalue weighted by molar-refractivity contribution is 0.221. The maximum absolute atomic E-state index is 5.92. The van der Waals surface area contributed by atoms with Crippen LogP contribution in [0.5, 0.6) is 0 Å². The molecule has 0 radical (unpaired) electrons. The Morgan fingerprint density at radius 2 is 1.64 bits per heavy atom. The summed E-state index contributed by atoms with van der Waals surface area (Å²) < 4.78 is 0. The van der Waals surface area contributed by atoms with Gasteiger partial charge in [0.25, 0.3) is 0 Å². The largest absolute Gasteiger partial charge is 0.330 e. The molecule has 0 spiro atoms. The summed E-state index contributed by atoms with van der Waals surface area (Å²) >= 11 is 5.59. The molecule has 0 aromatic carbocycles. The summed E-state index contributed by atoms with van der Waals surface area (Å²) in [6.07, 6.45) is 12.5. The van der Waals surface area contributed by atoms with E-state index in [1.165, 1.54) is 44.9 Å². The van der Waals surface area contributed by atoms with E-state index < -0.39 is 0 Å². The molecule has 1 aliphatic rings. The van der Waals surface area contributed by atoms with E-state index in [0.717, 1.165) is 13.0 Å². The van der Waals surface area contributed by atoms with Crippen molar-refractivity contribution in [3.8, 4) is 0 Å². The zero-order chi connectivity index (χ0) is 10.3. The average molecular weight is 216 g/mol. The monoisotopic (exact) mass is 215 g/mol. The molecule has 0 atom stereocenters. The molecule has 1 aliphatic carbocycles. The molecular formula is C12H22ClN. The Bertz CT molecular complexity index is 169. The van der Waals surface area contributed by atoms with Gasteiger partial charge in [0.05, 0.1) is 0 Å². The predicted octanol–water partition coefficient (Wildman–Crippen LogP) is 3.82. The highest BCUT2D eigenvalue weighted by Gasteiger charge is 2.27. The Morgan fingerprint density at radius 3 is 2.14 bits per heavy atom.